The van der Waals surface area contributed by atoms with Crippen LogP contribution in [0.4, 0.5) is 0 Å². The monoisotopic (exact) mass is 304 g/mol. The molecule has 0 radical (unpaired) electrons. The summed E-state index contributed by atoms with van der Waals surface area (Å²) in [5.74, 6) is 0.350. The number of aliphatic carboxylic acids is 1. The summed E-state index contributed by atoms with van der Waals surface area (Å²) in [7, 11) is 4.45. The predicted molar refractivity (Wildman–Crippen MR) is 65.1 cm³/mol. The van der Waals surface area contributed by atoms with Crippen molar-refractivity contribution in [2.45, 2.75) is 6.42 Å². The first-order chi connectivity index (χ1) is 8.04. The molecule has 94 valence electrons. The molecule has 1 rings (SSSR count). The summed E-state index contributed by atoms with van der Waals surface area (Å²) in [6, 6.07) is 1.61. The van der Waals surface area contributed by atoms with Crippen LogP contribution in [0, 0.1) is 0 Å². The number of methoxy groups -OCH3 is 3. The zero-order valence-corrected chi connectivity index (χ0v) is 11.3. The van der Waals surface area contributed by atoms with Crippen LogP contribution < -0.4 is 14.2 Å². The van der Waals surface area contributed by atoms with Gasteiger partial charge in [-0.25, -0.2) is 0 Å². The van der Waals surface area contributed by atoms with E-state index in [0.29, 0.717) is 27.3 Å². The molecule has 17 heavy (non-hydrogen) atoms. The molecule has 0 bridgehead atoms. The van der Waals surface area contributed by atoms with E-state index in [0.717, 1.165) is 0 Å². The maximum atomic E-state index is 10.7. The van der Waals surface area contributed by atoms with Crippen molar-refractivity contribution in [3.8, 4) is 17.2 Å². The van der Waals surface area contributed by atoms with E-state index in [-0.39, 0.29) is 6.42 Å². The second-order valence-corrected chi connectivity index (χ2v) is 3.98. The van der Waals surface area contributed by atoms with E-state index in [1.165, 1.54) is 21.3 Å². The molecule has 0 aliphatic carbocycles. The standard InChI is InChI=1S/C11H13BrO5/c1-15-7-4-6(5-8(13)14)9(12)11(17-3)10(7)16-2/h4H,5H2,1-3H3,(H,13,14). The number of ether oxygens (including phenoxy) is 3. The minimum absolute atomic E-state index is 0.128. The third-order valence-electron chi connectivity index (χ3n) is 2.19. The van der Waals surface area contributed by atoms with Gasteiger partial charge >= 0.3 is 5.97 Å². The van der Waals surface area contributed by atoms with E-state index < -0.39 is 5.97 Å². The highest BCUT2D eigenvalue weighted by Crippen LogP contribution is 2.44. The Bertz CT molecular complexity index is 430. The molecule has 0 saturated carbocycles. The Labute approximate surface area is 107 Å². The van der Waals surface area contributed by atoms with Gasteiger partial charge in [0.1, 0.15) is 0 Å². The van der Waals surface area contributed by atoms with E-state index in [1.54, 1.807) is 6.07 Å². The molecule has 6 heteroatoms. The van der Waals surface area contributed by atoms with Crippen molar-refractivity contribution in [1.82, 2.24) is 0 Å². The fraction of sp³-hybridized carbons (Fsp3) is 0.364. The molecule has 1 aromatic rings. The normalized spacial score (nSPS) is 9.88. The SMILES string of the molecule is COc1cc(CC(=O)O)c(Br)c(OC)c1OC. The largest absolute Gasteiger partial charge is 0.493 e. The first-order valence-corrected chi connectivity index (χ1v) is 5.53. The number of rotatable bonds is 5. The molecule has 0 spiro atoms. The predicted octanol–water partition coefficient (Wildman–Crippen LogP) is 2.10. The third-order valence-corrected chi connectivity index (χ3v) is 3.06. The highest BCUT2D eigenvalue weighted by molar-refractivity contribution is 9.10. The summed E-state index contributed by atoms with van der Waals surface area (Å²) in [6.45, 7) is 0. The Balaban J connectivity index is 3.39. The maximum absolute atomic E-state index is 10.7. The summed E-state index contributed by atoms with van der Waals surface area (Å²) in [4.78, 5) is 10.7. The molecular formula is C11H13BrO5. The number of hydrogen-bond donors (Lipinski definition) is 1. The Kier molecular flexibility index (Phi) is 4.62. The lowest BCUT2D eigenvalue weighted by Gasteiger charge is -2.15. The van der Waals surface area contributed by atoms with Crippen LogP contribution in [0.25, 0.3) is 0 Å². The van der Waals surface area contributed by atoms with Gasteiger partial charge in [-0.1, -0.05) is 0 Å². The van der Waals surface area contributed by atoms with Gasteiger partial charge in [-0.3, -0.25) is 4.79 Å². The van der Waals surface area contributed by atoms with Crippen molar-refractivity contribution in [3.63, 3.8) is 0 Å². The van der Waals surface area contributed by atoms with Crippen LogP contribution >= 0.6 is 15.9 Å². The summed E-state index contributed by atoms with van der Waals surface area (Å²) in [5.41, 5.74) is 0.562. The van der Waals surface area contributed by atoms with Gasteiger partial charge in [0, 0.05) is 0 Å². The summed E-state index contributed by atoms with van der Waals surface area (Å²) in [5, 5.41) is 8.81. The molecule has 5 nitrogen and oxygen atoms in total. The molecule has 1 N–H and O–H groups in total. The van der Waals surface area contributed by atoms with Crippen molar-refractivity contribution in [3.05, 3.63) is 16.1 Å². The molecular weight excluding hydrogens is 292 g/mol. The van der Waals surface area contributed by atoms with Gasteiger partial charge in [0.15, 0.2) is 11.5 Å². The Morgan fingerprint density at radius 3 is 2.24 bits per heavy atom. The fourth-order valence-corrected chi connectivity index (χ4v) is 2.06. The van der Waals surface area contributed by atoms with Crippen LogP contribution in [0.2, 0.25) is 0 Å². The number of halogens is 1. The minimum Gasteiger partial charge on any atom is -0.493 e. The molecule has 1 aromatic carbocycles. The van der Waals surface area contributed by atoms with Crippen molar-refractivity contribution < 1.29 is 24.1 Å². The van der Waals surface area contributed by atoms with E-state index in [1.807, 2.05) is 0 Å². The number of benzene rings is 1. The van der Waals surface area contributed by atoms with Gasteiger partial charge in [-0.2, -0.15) is 0 Å². The number of hydrogen-bond acceptors (Lipinski definition) is 4. The third kappa shape index (κ3) is 2.82. The molecule has 0 amide bonds. The zero-order valence-electron chi connectivity index (χ0n) is 9.74. The molecule has 0 aromatic heterocycles. The van der Waals surface area contributed by atoms with Gasteiger partial charge < -0.3 is 19.3 Å². The molecule has 0 atom stereocenters. The minimum atomic E-state index is -0.931. The molecule has 0 saturated heterocycles. The van der Waals surface area contributed by atoms with Crippen molar-refractivity contribution in [2.75, 3.05) is 21.3 Å². The average Bonchev–Trinajstić information content (AvgIpc) is 2.30. The number of carboxylic acid groups (broad SMARTS) is 1. The van der Waals surface area contributed by atoms with Gasteiger partial charge in [-0.15, -0.1) is 0 Å². The van der Waals surface area contributed by atoms with E-state index >= 15 is 0 Å². The van der Waals surface area contributed by atoms with Crippen molar-refractivity contribution >= 4 is 21.9 Å². The van der Waals surface area contributed by atoms with Crippen LogP contribution in [0.3, 0.4) is 0 Å². The lowest BCUT2D eigenvalue weighted by atomic mass is 10.1. The maximum Gasteiger partial charge on any atom is 0.307 e. The van der Waals surface area contributed by atoms with Crippen molar-refractivity contribution in [1.29, 1.82) is 0 Å². The Morgan fingerprint density at radius 2 is 1.82 bits per heavy atom. The topological polar surface area (TPSA) is 65.0 Å². The Morgan fingerprint density at radius 1 is 1.24 bits per heavy atom. The van der Waals surface area contributed by atoms with E-state index in [4.69, 9.17) is 19.3 Å². The molecule has 0 aliphatic heterocycles. The molecule has 0 unspecified atom stereocenters. The van der Waals surface area contributed by atoms with Crippen LogP contribution in [0.1, 0.15) is 5.56 Å². The van der Waals surface area contributed by atoms with Crippen LogP contribution in [-0.2, 0) is 11.2 Å². The number of carboxylic acids is 1. The summed E-state index contributed by atoms with van der Waals surface area (Å²) < 4.78 is 16.1. The van der Waals surface area contributed by atoms with Gasteiger partial charge in [0.05, 0.1) is 32.2 Å². The summed E-state index contributed by atoms with van der Waals surface area (Å²) >= 11 is 3.30. The second kappa shape index (κ2) is 5.77. The highest BCUT2D eigenvalue weighted by atomic mass is 79.9. The highest BCUT2D eigenvalue weighted by Gasteiger charge is 2.20. The van der Waals surface area contributed by atoms with E-state index in [9.17, 15) is 4.79 Å². The Hall–Kier alpha value is -1.43. The zero-order chi connectivity index (χ0) is 13.0. The molecule has 0 heterocycles. The number of carbonyl (C=O) groups is 1. The van der Waals surface area contributed by atoms with Gasteiger partial charge in [0.25, 0.3) is 0 Å². The van der Waals surface area contributed by atoms with Gasteiger partial charge in [0.2, 0.25) is 5.75 Å². The molecule has 0 fully saturated rings. The van der Waals surface area contributed by atoms with E-state index in [2.05, 4.69) is 15.9 Å². The van der Waals surface area contributed by atoms with Gasteiger partial charge in [-0.05, 0) is 27.6 Å². The fourth-order valence-electron chi connectivity index (χ4n) is 1.46. The first-order valence-electron chi connectivity index (χ1n) is 4.74. The van der Waals surface area contributed by atoms with Crippen LogP contribution in [0.15, 0.2) is 10.5 Å². The lowest BCUT2D eigenvalue weighted by Crippen LogP contribution is -2.04. The lowest BCUT2D eigenvalue weighted by molar-refractivity contribution is -0.136. The quantitative estimate of drug-likeness (QED) is 0.902. The molecule has 0 aliphatic rings. The summed E-state index contributed by atoms with van der Waals surface area (Å²) in [6.07, 6.45) is -0.128. The van der Waals surface area contributed by atoms with Crippen LogP contribution in [-0.4, -0.2) is 32.4 Å². The smallest absolute Gasteiger partial charge is 0.307 e. The second-order valence-electron chi connectivity index (χ2n) is 3.19. The van der Waals surface area contributed by atoms with Crippen molar-refractivity contribution in [2.24, 2.45) is 0 Å². The van der Waals surface area contributed by atoms with Crippen LogP contribution in [0.5, 0.6) is 17.2 Å². The average molecular weight is 305 g/mol. The first kappa shape index (κ1) is 13.6.